The van der Waals surface area contributed by atoms with Crippen LogP contribution < -0.4 is 15.4 Å². The fourth-order valence-electron chi connectivity index (χ4n) is 2.25. The van der Waals surface area contributed by atoms with E-state index >= 15 is 0 Å². The van der Waals surface area contributed by atoms with Crippen LogP contribution in [-0.4, -0.2) is 18.3 Å². The zero-order valence-corrected chi connectivity index (χ0v) is 14.6. The molecule has 0 radical (unpaired) electrons. The van der Waals surface area contributed by atoms with Crippen LogP contribution in [0.3, 0.4) is 0 Å². The third-order valence-corrected chi connectivity index (χ3v) is 3.70. The van der Waals surface area contributed by atoms with Crippen LogP contribution in [0, 0.1) is 6.92 Å². The van der Waals surface area contributed by atoms with Gasteiger partial charge in [-0.3, -0.25) is 0 Å². The summed E-state index contributed by atoms with van der Waals surface area (Å²) in [6.07, 6.45) is 2.10. The average Bonchev–Trinajstić information content (AvgIpc) is 2.54. The Hall–Kier alpha value is -2.07. The number of benzene rings is 2. The van der Waals surface area contributed by atoms with Crippen LogP contribution in [0.1, 0.15) is 24.5 Å². The Morgan fingerprint density at radius 1 is 1.13 bits per heavy atom. The molecule has 122 valence electrons. The van der Waals surface area contributed by atoms with Crippen molar-refractivity contribution >= 4 is 23.0 Å². The van der Waals surface area contributed by atoms with Crippen molar-refractivity contribution < 1.29 is 4.74 Å². The predicted molar refractivity (Wildman–Crippen MR) is 101 cm³/mol. The van der Waals surface area contributed by atoms with E-state index in [1.807, 2.05) is 31.2 Å². The second-order valence-corrected chi connectivity index (χ2v) is 5.84. The predicted octanol–water partition coefficient (Wildman–Crippen LogP) is 4.31. The Balaban J connectivity index is 1.70. The summed E-state index contributed by atoms with van der Waals surface area (Å²) in [6.45, 7) is 5.59. The van der Waals surface area contributed by atoms with Crippen LogP contribution in [0.2, 0.25) is 0 Å². The third-order valence-electron chi connectivity index (χ3n) is 3.45. The lowest BCUT2D eigenvalue weighted by Gasteiger charge is -2.11. The van der Waals surface area contributed by atoms with Crippen molar-refractivity contribution in [1.82, 2.24) is 5.32 Å². The van der Waals surface area contributed by atoms with E-state index in [-0.39, 0.29) is 0 Å². The smallest absolute Gasteiger partial charge is 0.170 e. The first kappa shape index (κ1) is 17.3. The molecule has 0 aliphatic rings. The Labute approximate surface area is 144 Å². The van der Waals surface area contributed by atoms with Crippen LogP contribution in [0.15, 0.2) is 48.5 Å². The first-order chi connectivity index (χ1) is 11.2. The van der Waals surface area contributed by atoms with E-state index in [2.05, 4.69) is 41.8 Å². The minimum absolute atomic E-state index is 0.641. The van der Waals surface area contributed by atoms with Crippen LogP contribution in [0.5, 0.6) is 5.75 Å². The highest BCUT2D eigenvalue weighted by molar-refractivity contribution is 7.80. The maximum atomic E-state index is 5.48. The molecular formula is C19H24N2OS. The topological polar surface area (TPSA) is 33.3 Å². The average molecular weight is 328 g/mol. The fourth-order valence-corrected chi connectivity index (χ4v) is 2.47. The molecule has 0 saturated carbocycles. The minimum Gasteiger partial charge on any atom is -0.494 e. The summed E-state index contributed by atoms with van der Waals surface area (Å²) >= 11 is 5.33. The van der Waals surface area contributed by atoms with E-state index < -0.39 is 0 Å². The zero-order valence-electron chi connectivity index (χ0n) is 13.8. The SMILES string of the molecule is CCOc1cccc(NC(=S)NCCCc2ccc(C)cc2)c1. The summed E-state index contributed by atoms with van der Waals surface area (Å²) in [5, 5.41) is 7.07. The van der Waals surface area contributed by atoms with Crippen molar-refractivity contribution in [2.45, 2.75) is 26.7 Å². The van der Waals surface area contributed by atoms with Gasteiger partial charge in [0.25, 0.3) is 0 Å². The quantitative estimate of drug-likeness (QED) is 0.586. The number of rotatable bonds is 7. The van der Waals surface area contributed by atoms with Gasteiger partial charge in [0.05, 0.1) is 6.61 Å². The van der Waals surface area contributed by atoms with E-state index in [1.54, 1.807) is 0 Å². The molecule has 0 amide bonds. The number of hydrogen-bond donors (Lipinski definition) is 2. The maximum Gasteiger partial charge on any atom is 0.170 e. The second kappa shape index (κ2) is 9.16. The molecule has 0 saturated heterocycles. The van der Waals surface area contributed by atoms with E-state index in [9.17, 15) is 0 Å². The van der Waals surface area contributed by atoms with Gasteiger partial charge in [0, 0.05) is 18.3 Å². The standard InChI is InChI=1S/C19H24N2OS/c1-3-22-18-8-4-7-17(14-18)21-19(23)20-13-5-6-16-11-9-15(2)10-12-16/h4,7-12,14H,3,5-6,13H2,1-2H3,(H2,20,21,23). The zero-order chi connectivity index (χ0) is 16.5. The van der Waals surface area contributed by atoms with Crippen molar-refractivity contribution in [1.29, 1.82) is 0 Å². The Morgan fingerprint density at radius 2 is 1.91 bits per heavy atom. The van der Waals surface area contributed by atoms with Gasteiger partial charge in [-0.2, -0.15) is 0 Å². The lowest BCUT2D eigenvalue weighted by molar-refractivity contribution is 0.340. The molecule has 0 aromatic heterocycles. The summed E-state index contributed by atoms with van der Waals surface area (Å²) in [5.41, 5.74) is 3.60. The van der Waals surface area contributed by atoms with Gasteiger partial charge in [0.2, 0.25) is 0 Å². The van der Waals surface area contributed by atoms with Gasteiger partial charge in [-0.25, -0.2) is 0 Å². The molecule has 0 fully saturated rings. The van der Waals surface area contributed by atoms with E-state index in [4.69, 9.17) is 17.0 Å². The van der Waals surface area contributed by atoms with Crippen LogP contribution in [0.4, 0.5) is 5.69 Å². The summed E-state index contributed by atoms with van der Waals surface area (Å²) in [5.74, 6) is 0.847. The van der Waals surface area contributed by atoms with Crippen molar-refractivity contribution in [3.8, 4) is 5.75 Å². The van der Waals surface area contributed by atoms with Gasteiger partial charge in [0.15, 0.2) is 5.11 Å². The monoisotopic (exact) mass is 328 g/mol. The van der Waals surface area contributed by atoms with Gasteiger partial charge < -0.3 is 15.4 Å². The summed E-state index contributed by atoms with van der Waals surface area (Å²) in [4.78, 5) is 0. The first-order valence-electron chi connectivity index (χ1n) is 8.00. The molecule has 0 spiro atoms. The van der Waals surface area contributed by atoms with E-state index in [0.29, 0.717) is 11.7 Å². The summed E-state index contributed by atoms with van der Waals surface area (Å²) < 4.78 is 5.48. The number of thiocarbonyl (C=S) groups is 1. The maximum absolute atomic E-state index is 5.48. The molecule has 0 atom stereocenters. The normalized spacial score (nSPS) is 10.2. The molecule has 2 aromatic carbocycles. The van der Waals surface area contributed by atoms with Gasteiger partial charge in [-0.1, -0.05) is 35.9 Å². The Kier molecular flexibility index (Phi) is 6.88. The number of anilines is 1. The van der Waals surface area contributed by atoms with Crippen LogP contribution in [0.25, 0.3) is 0 Å². The number of ether oxygens (including phenoxy) is 1. The fraction of sp³-hybridized carbons (Fsp3) is 0.316. The van der Waals surface area contributed by atoms with Crippen molar-refractivity contribution in [2.75, 3.05) is 18.5 Å². The molecule has 0 bridgehead atoms. The van der Waals surface area contributed by atoms with Gasteiger partial charge in [-0.05, 0) is 56.6 Å². The minimum atomic E-state index is 0.641. The largest absolute Gasteiger partial charge is 0.494 e. The van der Waals surface area contributed by atoms with Gasteiger partial charge in [-0.15, -0.1) is 0 Å². The number of nitrogens with one attached hydrogen (secondary N) is 2. The highest BCUT2D eigenvalue weighted by Gasteiger charge is 2.00. The highest BCUT2D eigenvalue weighted by atomic mass is 32.1. The second-order valence-electron chi connectivity index (χ2n) is 5.43. The van der Waals surface area contributed by atoms with Crippen molar-refractivity contribution in [3.63, 3.8) is 0 Å². The molecule has 2 rings (SSSR count). The molecule has 0 aliphatic carbocycles. The molecular weight excluding hydrogens is 304 g/mol. The Bertz CT molecular complexity index is 626. The van der Waals surface area contributed by atoms with Crippen LogP contribution in [-0.2, 0) is 6.42 Å². The molecule has 0 unspecified atom stereocenters. The van der Waals surface area contributed by atoms with Crippen molar-refractivity contribution in [2.24, 2.45) is 0 Å². The Morgan fingerprint density at radius 3 is 2.65 bits per heavy atom. The molecule has 2 N–H and O–H groups in total. The summed E-state index contributed by atoms with van der Waals surface area (Å²) in [6, 6.07) is 16.5. The molecule has 4 heteroatoms. The molecule has 3 nitrogen and oxygen atoms in total. The first-order valence-corrected chi connectivity index (χ1v) is 8.41. The number of hydrogen-bond acceptors (Lipinski definition) is 2. The molecule has 2 aromatic rings. The lowest BCUT2D eigenvalue weighted by Crippen LogP contribution is -2.29. The van der Waals surface area contributed by atoms with Gasteiger partial charge in [0.1, 0.15) is 5.75 Å². The summed E-state index contributed by atoms with van der Waals surface area (Å²) in [7, 11) is 0. The van der Waals surface area contributed by atoms with E-state index in [1.165, 1.54) is 11.1 Å². The van der Waals surface area contributed by atoms with E-state index in [0.717, 1.165) is 30.8 Å². The molecule has 0 aliphatic heterocycles. The lowest BCUT2D eigenvalue weighted by atomic mass is 10.1. The number of aryl methyl sites for hydroxylation is 2. The van der Waals surface area contributed by atoms with Crippen LogP contribution >= 0.6 is 12.2 Å². The third kappa shape index (κ3) is 6.28. The van der Waals surface area contributed by atoms with Crippen molar-refractivity contribution in [3.05, 3.63) is 59.7 Å². The highest BCUT2D eigenvalue weighted by Crippen LogP contribution is 2.17. The molecule has 23 heavy (non-hydrogen) atoms. The molecule has 0 heterocycles. The van der Waals surface area contributed by atoms with Gasteiger partial charge >= 0.3 is 0 Å².